The maximum absolute atomic E-state index is 13.8. The molecule has 3 aromatic rings. The van der Waals surface area contributed by atoms with Gasteiger partial charge in [-0.15, -0.1) is 0 Å². The van der Waals surface area contributed by atoms with Crippen molar-refractivity contribution in [3.63, 3.8) is 0 Å². The van der Waals surface area contributed by atoms with Crippen LogP contribution < -0.4 is 4.31 Å². The molecule has 0 N–H and O–H groups in total. The number of para-hydroxylation sites is 1. The maximum Gasteiger partial charge on any atom is 0.264 e. The molecule has 2 atom stereocenters. The molecule has 1 heterocycles. The van der Waals surface area contributed by atoms with Crippen molar-refractivity contribution < 1.29 is 8.42 Å². The molecule has 0 aromatic heterocycles. The number of hydrogen-bond donors (Lipinski definition) is 0. The molecule has 0 bridgehead atoms. The van der Waals surface area contributed by atoms with E-state index in [1.807, 2.05) is 43.3 Å². The lowest BCUT2D eigenvalue weighted by atomic mass is 9.41. The van der Waals surface area contributed by atoms with Gasteiger partial charge in [0, 0.05) is 23.3 Å². The monoisotopic (exact) mass is 427 g/mol. The summed E-state index contributed by atoms with van der Waals surface area (Å²) in [6.07, 6.45) is 2.24. The van der Waals surface area contributed by atoms with Gasteiger partial charge in [-0.05, 0) is 49.1 Å². The fraction of sp³-hybridized carbons (Fsp3) is 0.259. The highest BCUT2D eigenvalue weighted by Gasteiger charge is 2.76. The first kappa shape index (κ1) is 18.9. The van der Waals surface area contributed by atoms with Crippen LogP contribution in [0.25, 0.3) is 0 Å². The first-order valence-electron chi connectivity index (χ1n) is 10.9. The zero-order valence-electron chi connectivity index (χ0n) is 17.6. The predicted octanol–water partition coefficient (Wildman–Crippen LogP) is 5.46. The van der Waals surface area contributed by atoms with E-state index in [2.05, 4.69) is 36.9 Å². The van der Waals surface area contributed by atoms with Gasteiger partial charge in [-0.3, -0.25) is 4.31 Å². The number of aryl methyl sites for hydroxylation is 1. The van der Waals surface area contributed by atoms with Gasteiger partial charge in [0.05, 0.1) is 10.6 Å². The molecule has 3 nitrogen and oxygen atoms in total. The summed E-state index contributed by atoms with van der Waals surface area (Å²) < 4.78 is 29.1. The summed E-state index contributed by atoms with van der Waals surface area (Å²) in [5.74, 6) is 0.0764. The van der Waals surface area contributed by atoms with Crippen molar-refractivity contribution in [1.29, 1.82) is 0 Å². The van der Waals surface area contributed by atoms with Crippen LogP contribution in [-0.2, 0) is 15.4 Å². The topological polar surface area (TPSA) is 37.4 Å². The van der Waals surface area contributed by atoms with Crippen molar-refractivity contribution in [2.24, 2.45) is 11.3 Å². The van der Waals surface area contributed by atoms with Crippen LogP contribution in [0.3, 0.4) is 0 Å². The molecule has 1 spiro atoms. The second-order valence-corrected chi connectivity index (χ2v) is 11.1. The van der Waals surface area contributed by atoms with E-state index in [0.717, 1.165) is 29.7 Å². The zero-order chi connectivity index (χ0) is 21.4. The molecule has 3 aromatic carbocycles. The first-order chi connectivity index (χ1) is 14.9. The van der Waals surface area contributed by atoms with Gasteiger partial charge in [0.15, 0.2) is 0 Å². The van der Waals surface area contributed by atoms with Crippen LogP contribution in [0.15, 0.2) is 95.9 Å². The average Bonchev–Trinajstić information content (AvgIpc) is 3.62. The van der Waals surface area contributed by atoms with Crippen molar-refractivity contribution in [3.8, 4) is 0 Å². The Morgan fingerprint density at radius 3 is 2.23 bits per heavy atom. The van der Waals surface area contributed by atoms with E-state index in [1.54, 1.807) is 16.4 Å². The van der Waals surface area contributed by atoms with Gasteiger partial charge in [0.2, 0.25) is 0 Å². The van der Waals surface area contributed by atoms with Crippen LogP contribution >= 0.6 is 0 Å². The fourth-order valence-corrected chi connectivity index (χ4v) is 7.82. The summed E-state index contributed by atoms with van der Waals surface area (Å²) in [6, 6.07) is 25.9. The average molecular weight is 428 g/mol. The molecular weight excluding hydrogens is 402 g/mol. The van der Waals surface area contributed by atoms with Gasteiger partial charge >= 0.3 is 0 Å². The summed E-state index contributed by atoms with van der Waals surface area (Å²) in [7, 11) is -3.67. The summed E-state index contributed by atoms with van der Waals surface area (Å²) in [4.78, 5) is 0.339. The second-order valence-electron chi connectivity index (χ2n) is 9.20. The maximum atomic E-state index is 13.8. The molecule has 6 rings (SSSR count). The van der Waals surface area contributed by atoms with E-state index in [-0.39, 0.29) is 16.7 Å². The Morgan fingerprint density at radius 1 is 0.903 bits per heavy atom. The second kappa shape index (κ2) is 6.10. The molecular formula is C27H25NO2S. The minimum Gasteiger partial charge on any atom is -0.265 e. The van der Waals surface area contributed by atoms with Crippen LogP contribution in [0, 0.1) is 18.3 Å². The molecule has 0 saturated heterocycles. The molecule has 2 fully saturated rings. The summed E-state index contributed by atoms with van der Waals surface area (Å²) in [5, 5.41) is 0. The van der Waals surface area contributed by atoms with Gasteiger partial charge in [-0.25, -0.2) is 8.42 Å². The van der Waals surface area contributed by atoms with Crippen LogP contribution in [0.4, 0.5) is 5.69 Å². The third-order valence-corrected chi connectivity index (χ3v) is 9.64. The van der Waals surface area contributed by atoms with Crippen LogP contribution in [0.2, 0.25) is 0 Å². The Hall–Kier alpha value is -2.85. The molecule has 4 heteroatoms. The van der Waals surface area contributed by atoms with Crippen LogP contribution in [-0.4, -0.2) is 15.0 Å². The molecule has 3 aliphatic rings. The molecule has 31 heavy (non-hydrogen) atoms. The third kappa shape index (κ3) is 2.21. The lowest BCUT2D eigenvalue weighted by Crippen LogP contribution is -2.64. The number of rotatable bonds is 3. The van der Waals surface area contributed by atoms with Gasteiger partial charge in [-0.2, -0.15) is 0 Å². The Balaban J connectivity index is 1.58. The standard InChI is InChI=1S/C27H25NO2S/c1-19-12-14-22(15-13-19)31(29,30)28-18-24-20(2)26(16-17-26)27(24,21-8-4-3-5-9-21)23-10-6-7-11-25(23)28/h3-15,24H,2,16-18H2,1H3/t24-,27-/m0/s1. The number of sulfonamides is 1. The van der Waals surface area contributed by atoms with Crippen molar-refractivity contribution in [2.45, 2.75) is 30.1 Å². The third-order valence-electron chi connectivity index (χ3n) is 7.85. The van der Waals surface area contributed by atoms with Gasteiger partial charge in [0.25, 0.3) is 10.0 Å². The zero-order valence-corrected chi connectivity index (χ0v) is 18.4. The smallest absolute Gasteiger partial charge is 0.264 e. The predicted molar refractivity (Wildman–Crippen MR) is 124 cm³/mol. The molecule has 2 saturated carbocycles. The molecule has 2 aliphatic carbocycles. The van der Waals surface area contributed by atoms with E-state index in [0.29, 0.717) is 11.4 Å². The highest BCUT2D eigenvalue weighted by atomic mass is 32.2. The number of hydrogen-bond acceptors (Lipinski definition) is 2. The van der Waals surface area contributed by atoms with Crippen LogP contribution in [0.5, 0.6) is 0 Å². The molecule has 1 aliphatic heterocycles. The summed E-state index contributed by atoms with van der Waals surface area (Å²) in [5.41, 5.74) is 5.35. The minimum atomic E-state index is -3.67. The molecule has 156 valence electrons. The number of benzene rings is 3. The Labute approximate surface area is 184 Å². The highest BCUT2D eigenvalue weighted by molar-refractivity contribution is 7.92. The Morgan fingerprint density at radius 2 is 1.55 bits per heavy atom. The first-order valence-corrected chi connectivity index (χ1v) is 12.3. The fourth-order valence-electron chi connectivity index (χ4n) is 6.32. The minimum absolute atomic E-state index is 0.0643. The van der Waals surface area contributed by atoms with E-state index in [4.69, 9.17) is 0 Å². The lowest BCUT2D eigenvalue weighted by molar-refractivity contribution is 0.134. The normalized spacial score (nSPS) is 25.5. The Bertz CT molecular complexity index is 1310. The molecule has 0 unspecified atom stereocenters. The van der Waals surface area contributed by atoms with E-state index < -0.39 is 10.0 Å². The van der Waals surface area contributed by atoms with E-state index >= 15 is 0 Å². The van der Waals surface area contributed by atoms with E-state index in [9.17, 15) is 8.42 Å². The van der Waals surface area contributed by atoms with Gasteiger partial charge in [0.1, 0.15) is 0 Å². The largest absolute Gasteiger partial charge is 0.265 e. The number of anilines is 1. The van der Waals surface area contributed by atoms with Crippen molar-refractivity contribution in [1.82, 2.24) is 0 Å². The lowest BCUT2D eigenvalue weighted by Gasteiger charge is -2.64. The van der Waals surface area contributed by atoms with Crippen molar-refractivity contribution >= 4 is 15.7 Å². The van der Waals surface area contributed by atoms with Crippen molar-refractivity contribution in [2.75, 3.05) is 10.8 Å². The highest BCUT2D eigenvalue weighted by Crippen LogP contribution is 2.80. The Kier molecular flexibility index (Phi) is 3.72. The molecule has 0 amide bonds. The summed E-state index contributed by atoms with van der Waals surface area (Å²) >= 11 is 0. The van der Waals surface area contributed by atoms with Crippen LogP contribution in [0.1, 0.15) is 29.5 Å². The van der Waals surface area contributed by atoms with Gasteiger partial charge < -0.3 is 0 Å². The number of nitrogens with zero attached hydrogens (tertiary/aromatic N) is 1. The quantitative estimate of drug-likeness (QED) is 0.521. The summed E-state index contributed by atoms with van der Waals surface area (Å²) in [6.45, 7) is 6.88. The SMILES string of the molecule is C=C1[C@@H]2CN(S(=O)(=O)c3ccc(C)cc3)c3ccccc3[C@]2(c2ccccc2)C12CC2. The van der Waals surface area contributed by atoms with Gasteiger partial charge in [-0.1, -0.05) is 78.4 Å². The molecule has 0 radical (unpaired) electrons. The van der Waals surface area contributed by atoms with Crippen molar-refractivity contribution in [3.05, 3.63) is 108 Å². The van der Waals surface area contributed by atoms with E-state index in [1.165, 1.54) is 11.1 Å². The number of fused-ring (bicyclic) bond motifs is 4.